The molecule has 0 heteroatoms. The van der Waals surface area contributed by atoms with Crippen molar-refractivity contribution in [2.24, 2.45) is 23.7 Å². The first-order valence-corrected chi connectivity index (χ1v) is 6.35. The predicted octanol–water partition coefficient (Wildman–Crippen LogP) is 4.25. The number of rotatable bonds is 2. The molecule has 0 spiro atoms. The van der Waals surface area contributed by atoms with Gasteiger partial charge in [0.05, 0.1) is 0 Å². The zero-order valence-electron chi connectivity index (χ0n) is 9.26. The van der Waals surface area contributed by atoms with Gasteiger partial charge in [-0.1, -0.05) is 46.0 Å². The first kappa shape index (κ1) is 9.55. The topological polar surface area (TPSA) is 0 Å². The summed E-state index contributed by atoms with van der Waals surface area (Å²) >= 11 is 0. The minimum Gasteiger partial charge on any atom is -0.0651 e. The Bertz CT molecular complexity index is 159. The SMILES string of the molecule is CCC1CC2CCCC(C2)C1CC. The van der Waals surface area contributed by atoms with Crippen LogP contribution in [0.5, 0.6) is 0 Å². The second-order valence-corrected chi connectivity index (χ2v) is 5.27. The van der Waals surface area contributed by atoms with Gasteiger partial charge in [-0.25, -0.2) is 0 Å². The first-order chi connectivity index (χ1) is 6.35. The maximum Gasteiger partial charge on any atom is -0.0360 e. The fraction of sp³-hybridized carbons (Fsp3) is 1.00. The van der Waals surface area contributed by atoms with E-state index in [0.29, 0.717) is 0 Å². The second kappa shape index (κ2) is 4.02. The van der Waals surface area contributed by atoms with Crippen LogP contribution in [0.1, 0.15) is 58.8 Å². The Labute approximate surface area is 83.1 Å². The lowest BCUT2D eigenvalue weighted by atomic mass is 9.61. The van der Waals surface area contributed by atoms with Crippen molar-refractivity contribution >= 4 is 0 Å². The van der Waals surface area contributed by atoms with Crippen molar-refractivity contribution in [1.29, 1.82) is 0 Å². The number of hydrogen-bond acceptors (Lipinski definition) is 0. The maximum atomic E-state index is 2.41. The molecule has 2 saturated carbocycles. The van der Waals surface area contributed by atoms with Gasteiger partial charge < -0.3 is 0 Å². The molecule has 0 aromatic rings. The minimum atomic E-state index is 1.08. The third-order valence-corrected chi connectivity index (χ3v) is 4.67. The third kappa shape index (κ3) is 1.78. The smallest absolute Gasteiger partial charge is 0.0360 e. The highest BCUT2D eigenvalue weighted by Crippen LogP contribution is 2.48. The van der Waals surface area contributed by atoms with Crippen molar-refractivity contribution in [1.82, 2.24) is 0 Å². The van der Waals surface area contributed by atoms with Crippen LogP contribution in [0.3, 0.4) is 0 Å². The fourth-order valence-electron chi connectivity index (χ4n) is 4.06. The van der Waals surface area contributed by atoms with Gasteiger partial charge in [-0.3, -0.25) is 0 Å². The fourth-order valence-corrected chi connectivity index (χ4v) is 4.06. The summed E-state index contributed by atoms with van der Waals surface area (Å²) in [7, 11) is 0. The monoisotopic (exact) mass is 180 g/mol. The minimum absolute atomic E-state index is 1.08. The van der Waals surface area contributed by atoms with Gasteiger partial charge in [0.15, 0.2) is 0 Å². The molecule has 76 valence electrons. The lowest BCUT2D eigenvalue weighted by molar-refractivity contribution is 0.0579. The molecular weight excluding hydrogens is 156 g/mol. The van der Waals surface area contributed by atoms with Gasteiger partial charge in [0.25, 0.3) is 0 Å². The van der Waals surface area contributed by atoms with E-state index in [1.165, 1.54) is 19.3 Å². The molecule has 4 atom stereocenters. The summed E-state index contributed by atoms with van der Waals surface area (Å²) in [5.41, 5.74) is 0. The van der Waals surface area contributed by atoms with E-state index in [1.54, 1.807) is 25.7 Å². The zero-order chi connectivity index (χ0) is 9.26. The average Bonchev–Trinajstić information content (AvgIpc) is 2.17. The van der Waals surface area contributed by atoms with E-state index in [4.69, 9.17) is 0 Å². The van der Waals surface area contributed by atoms with Crippen LogP contribution in [0.4, 0.5) is 0 Å². The van der Waals surface area contributed by atoms with Gasteiger partial charge in [-0.15, -0.1) is 0 Å². The quantitative estimate of drug-likeness (QED) is 0.596. The van der Waals surface area contributed by atoms with E-state index < -0.39 is 0 Å². The highest BCUT2D eigenvalue weighted by atomic mass is 14.4. The summed E-state index contributed by atoms with van der Waals surface area (Å²) in [6.07, 6.45) is 10.6. The lowest BCUT2D eigenvalue weighted by Crippen LogP contribution is -2.35. The van der Waals surface area contributed by atoms with Crippen LogP contribution in [0, 0.1) is 23.7 Å². The Kier molecular flexibility index (Phi) is 2.96. The van der Waals surface area contributed by atoms with Gasteiger partial charge in [0, 0.05) is 0 Å². The molecule has 0 amide bonds. The predicted molar refractivity (Wildman–Crippen MR) is 57.6 cm³/mol. The summed E-state index contributed by atoms with van der Waals surface area (Å²) in [5, 5.41) is 0. The Hall–Kier alpha value is 0. The highest BCUT2D eigenvalue weighted by molar-refractivity contribution is 4.88. The standard InChI is InChI=1S/C13H24/c1-3-11-8-10-6-5-7-12(9-10)13(11)4-2/h10-13H,3-9H2,1-2H3. The number of hydrogen-bond donors (Lipinski definition) is 0. The molecule has 2 rings (SSSR count). The summed E-state index contributed by atoms with van der Waals surface area (Å²) in [4.78, 5) is 0. The summed E-state index contributed by atoms with van der Waals surface area (Å²) in [5.74, 6) is 4.39. The van der Waals surface area contributed by atoms with Crippen LogP contribution in [-0.4, -0.2) is 0 Å². The van der Waals surface area contributed by atoms with Crippen molar-refractivity contribution in [3.63, 3.8) is 0 Å². The van der Waals surface area contributed by atoms with Crippen molar-refractivity contribution in [3.05, 3.63) is 0 Å². The van der Waals surface area contributed by atoms with Crippen LogP contribution >= 0.6 is 0 Å². The summed E-state index contributed by atoms with van der Waals surface area (Å²) in [6.45, 7) is 4.80. The lowest BCUT2D eigenvalue weighted by Gasteiger charge is -2.45. The van der Waals surface area contributed by atoms with Crippen molar-refractivity contribution in [2.75, 3.05) is 0 Å². The first-order valence-electron chi connectivity index (χ1n) is 6.35. The Morgan fingerprint density at radius 2 is 1.85 bits per heavy atom. The van der Waals surface area contributed by atoms with Gasteiger partial charge in [-0.05, 0) is 36.5 Å². The van der Waals surface area contributed by atoms with Gasteiger partial charge in [0.2, 0.25) is 0 Å². The number of fused-ring (bicyclic) bond motifs is 2. The van der Waals surface area contributed by atoms with Crippen molar-refractivity contribution < 1.29 is 0 Å². The molecule has 2 aliphatic rings. The molecule has 13 heavy (non-hydrogen) atoms. The molecule has 0 N–H and O–H groups in total. The third-order valence-electron chi connectivity index (χ3n) is 4.67. The largest absolute Gasteiger partial charge is 0.0651 e. The summed E-state index contributed by atoms with van der Waals surface area (Å²) < 4.78 is 0. The van der Waals surface area contributed by atoms with Crippen LogP contribution in [-0.2, 0) is 0 Å². The normalized spacial score (nSPS) is 44.8. The van der Waals surface area contributed by atoms with Crippen molar-refractivity contribution in [3.8, 4) is 0 Å². The maximum absolute atomic E-state index is 2.41. The second-order valence-electron chi connectivity index (χ2n) is 5.27. The van der Waals surface area contributed by atoms with E-state index >= 15 is 0 Å². The van der Waals surface area contributed by atoms with E-state index in [1.807, 2.05) is 0 Å². The molecule has 0 aromatic carbocycles. The zero-order valence-corrected chi connectivity index (χ0v) is 9.26. The molecule has 0 aromatic heterocycles. The Balaban J connectivity index is 2.05. The van der Waals surface area contributed by atoms with E-state index in [-0.39, 0.29) is 0 Å². The average molecular weight is 180 g/mol. The van der Waals surface area contributed by atoms with E-state index in [2.05, 4.69) is 13.8 Å². The van der Waals surface area contributed by atoms with Crippen LogP contribution in [0.25, 0.3) is 0 Å². The molecule has 2 bridgehead atoms. The van der Waals surface area contributed by atoms with Crippen LogP contribution < -0.4 is 0 Å². The van der Waals surface area contributed by atoms with E-state index in [9.17, 15) is 0 Å². The van der Waals surface area contributed by atoms with Gasteiger partial charge in [0.1, 0.15) is 0 Å². The van der Waals surface area contributed by atoms with Crippen LogP contribution in [0.15, 0.2) is 0 Å². The molecule has 0 radical (unpaired) electrons. The molecule has 0 heterocycles. The molecule has 0 saturated heterocycles. The van der Waals surface area contributed by atoms with Crippen molar-refractivity contribution in [2.45, 2.75) is 58.8 Å². The molecule has 0 aliphatic heterocycles. The van der Waals surface area contributed by atoms with Gasteiger partial charge in [-0.2, -0.15) is 0 Å². The van der Waals surface area contributed by atoms with Gasteiger partial charge >= 0.3 is 0 Å². The molecule has 2 fully saturated rings. The molecule has 2 aliphatic carbocycles. The Morgan fingerprint density at radius 3 is 2.54 bits per heavy atom. The molecule has 0 nitrogen and oxygen atoms in total. The molecule has 4 unspecified atom stereocenters. The summed E-state index contributed by atoms with van der Waals surface area (Å²) in [6, 6.07) is 0. The Morgan fingerprint density at radius 1 is 1.00 bits per heavy atom. The van der Waals surface area contributed by atoms with E-state index in [0.717, 1.165) is 23.7 Å². The molecular formula is C13H24. The van der Waals surface area contributed by atoms with Crippen LogP contribution in [0.2, 0.25) is 0 Å². The highest BCUT2D eigenvalue weighted by Gasteiger charge is 2.37.